The van der Waals surface area contributed by atoms with Crippen LogP contribution < -0.4 is 0 Å². The zero-order chi connectivity index (χ0) is 27.2. The molecule has 1 saturated carbocycles. The summed E-state index contributed by atoms with van der Waals surface area (Å²) >= 11 is 0. The van der Waals surface area contributed by atoms with Crippen molar-refractivity contribution in [3.8, 4) is 0 Å². The number of hydrogen-bond donors (Lipinski definition) is 1. The van der Waals surface area contributed by atoms with Gasteiger partial charge < -0.3 is 14.8 Å². The van der Waals surface area contributed by atoms with E-state index in [4.69, 9.17) is 0 Å². The predicted molar refractivity (Wildman–Crippen MR) is 153 cm³/mol. The van der Waals surface area contributed by atoms with Crippen molar-refractivity contribution >= 4 is 22.7 Å². The lowest BCUT2D eigenvalue weighted by Crippen LogP contribution is -2.44. The zero-order valence-electron chi connectivity index (χ0n) is 22.5. The Morgan fingerprint density at radius 1 is 0.923 bits per heavy atom. The van der Waals surface area contributed by atoms with E-state index in [0.29, 0.717) is 26.1 Å². The highest BCUT2D eigenvalue weighted by molar-refractivity contribution is 5.88. The summed E-state index contributed by atoms with van der Waals surface area (Å²) in [7, 11) is 0. The van der Waals surface area contributed by atoms with Gasteiger partial charge in [0.2, 0.25) is 11.8 Å². The first-order chi connectivity index (χ1) is 19.0. The molecule has 1 aliphatic rings. The predicted octanol–water partition coefficient (Wildman–Crippen LogP) is 6.31. The summed E-state index contributed by atoms with van der Waals surface area (Å²) in [4.78, 5) is 34.2. The Balaban J connectivity index is 1.31. The van der Waals surface area contributed by atoms with Crippen LogP contribution in [0.25, 0.3) is 10.9 Å². The Kier molecular flexibility index (Phi) is 8.40. The van der Waals surface area contributed by atoms with Gasteiger partial charge in [-0.2, -0.15) is 0 Å². The van der Waals surface area contributed by atoms with Crippen LogP contribution in [0.4, 0.5) is 4.39 Å². The fourth-order valence-electron chi connectivity index (χ4n) is 5.35. The molecule has 3 aromatic carbocycles. The molecule has 0 aliphatic heterocycles. The third-order valence-electron chi connectivity index (χ3n) is 7.72. The lowest BCUT2D eigenvalue weighted by Gasteiger charge is -2.28. The highest BCUT2D eigenvalue weighted by Crippen LogP contribution is 2.48. The summed E-state index contributed by atoms with van der Waals surface area (Å²) in [6.07, 6.45) is 5.32. The summed E-state index contributed by atoms with van der Waals surface area (Å²) in [5, 5.41) is 1.15. The maximum absolute atomic E-state index is 13.8. The van der Waals surface area contributed by atoms with Crippen LogP contribution >= 0.6 is 0 Å². The molecular formula is C33H36FN3O2. The van der Waals surface area contributed by atoms with Crippen LogP contribution in [0.1, 0.15) is 48.8 Å². The van der Waals surface area contributed by atoms with Crippen LogP contribution in [0, 0.1) is 11.7 Å². The maximum Gasteiger partial charge on any atom is 0.242 e. The van der Waals surface area contributed by atoms with Gasteiger partial charge in [0.05, 0.1) is 6.54 Å². The van der Waals surface area contributed by atoms with Gasteiger partial charge in [0.15, 0.2) is 0 Å². The summed E-state index contributed by atoms with van der Waals surface area (Å²) in [6.45, 7) is 3.60. The van der Waals surface area contributed by atoms with E-state index >= 15 is 0 Å². The van der Waals surface area contributed by atoms with E-state index in [9.17, 15) is 14.0 Å². The van der Waals surface area contributed by atoms with Gasteiger partial charge in [-0.25, -0.2) is 4.39 Å². The number of H-pyrrole nitrogens is 1. The van der Waals surface area contributed by atoms with Gasteiger partial charge in [0.1, 0.15) is 5.82 Å². The Labute approximate surface area is 229 Å². The molecule has 4 aromatic rings. The Hall–Kier alpha value is -3.93. The first-order valence-corrected chi connectivity index (χ1v) is 13.9. The Bertz CT molecular complexity index is 1400. The van der Waals surface area contributed by atoms with E-state index in [1.165, 1.54) is 17.7 Å². The second-order valence-corrected chi connectivity index (χ2v) is 10.5. The summed E-state index contributed by atoms with van der Waals surface area (Å²) in [5.41, 5.74) is 4.26. The third-order valence-corrected chi connectivity index (χ3v) is 7.72. The van der Waals surface area contributed by atoms with Gasteiger partial charge in [-0.1, -0.05) is 74.0 Å². The number of carbonyl (C=O) groups excluding carboxylic acids is 2. The van der Waals surface area contributed by atoms with Crippen LogP contribution in [0.5, 0.6) is 0 Å². The number of benzene rings is 3. The number of aromatic amines is 1. The molecule has 1 fully saturated rings. The van der Waals surface area contributed by atoms with Crippen molar-refractivity contribution in [1.29, 1.82) is 0 Å². The number of halogens is 1. The summed E-state index contributed by atoms with van der Waals surface area (Å²) < 4.78 is 13.6. The molecule has 2 amide bonds. The first kappa shape index (κ1) is 26.7. The number of nitrogens with zero attached hydrogens (tertiary/aromatic N) is 2. The van der Waals surface area contributed by atoms with Crippen molar-refractivity contribution in [3.05, 3.63) is 108 Å². The van der Waals surface area contributed by atoms with Gasteiger partial charge in [0.25, 0.3) is 0 Å². The van der Waals surface area contributed by atoms with E-state index < -0.39 is 0 Å². The largest absolute Gasteiger partial charge is 0.361 e. The van der Waals surface area contributed by atoms with Gasteiger partial charge in [-0.05, 0) is 60.1 Å². The number of fused-ring (bicyclic) bond motifs is 1. The van der Waals surface area contributed by atoms with Gasteiger partial charge in [-0.3, -0.25) is 9.59 Å². The van der Waals surface area contributed by atoms with Crippen molar-refractivity contribution in [2.24, 2.45) is 5.92 Å². The van der Waals surface area contributed by atoms with E-state index in [2.05, 4.69) is 30.1 Å². The van der Waals surface area contributed by atoms with Crippen LogP contribution in [0.15, 0.2) is 85.1 Å². The fraction of sp³-hybridized carbons (Fsp3) is 0.333. The quantitative estimate of drug-likeness (QED) is 0.236. The van der Waals surface area contributed by atoms with E-state index in [-0.39, 0.29) is 36.0 Å². The Morgan fingerprint density at radius 3 is 2.44 bits per heavy atom. The van der Waals surface area contributed by atoms with Crippen molar-refractivity contribution in [3.63, 3.8) is 0 Å². The van der Waals surface area contributed by atoms with Crippen molar-refractivity contribution in [2.45, 2.75) is 45.1 Å². The van der Waals surface area contributed by atoms with Crippen LogP contribution in [-0.4, -0.2) is 46.2 Å². The SMILES string of the molecule is CCCCN(CC(=O)N(CCc1c[nH]c2ccccc12)Cc1ccc(F)cc1)C(=O)C1CC1c1ccccc1. The second-order valence-electron chi connectivity index (χ2n) is 10.5. The molecule has 2 unspecified atom stereocenters. The van der Waals surface area contributed by atoms with Gasteiger partial charge in [0, 0.05) is 42.7 Å². The molecule has 1 aromatic heterocycles. The minimum absolute atomic E-state index is 0.0613. The minimum Gasteiger partial charge on any atom is -0.361 e. The van der Waals surface area contributed by atoms with E-state index in [1.54, 1.807) is 17.0 Å². The van der Waals surface area contributed by atoms with Crippen molar-refractivity contribution in [1.82, 2.24) is 14.8 Å². The Morgan fingerprint density at radius 2 is 1.67 bits per heavy atom. The third kappa shape index (κ3) is 6.56. The normalized spacial score (nSPS) is 16.3. The number of para-hydroxylation sites is 1. The molecule has 0 radical (unpaired) electrons. The topological polar surface area (TPSA) is 56.4 Å². The first-order valence-electron chi connectivity index (χ1n) is 13.9. The number of unbranched alkanes of at least 4 members (excludes halogenated alkanes) is 1. The molecule has 5 nitrogen and oxygen atoms in total. The zero-order valence-corrected chi connectivity index (χ0v) is 22.5. The van der Waals surface area contributed by atoms with Gasteiger partial charge >= 0.3 is 0 Å². The molecule has 39 heavy (non-hydrogen) atoms. The minimum atomic E-state index is -0.302. The molecule has 0 spiro atoms. The fourth-order valence-corrected chi connectivity index (χ4v) is 5.35. The van der Waals surface area contributed by atoms with Crippen LogP contribution in [-0.2, 0) is 22.6 Å². The van der Waals surface area contributed by atoms with Crippen molar-refractivity contribution < 1.29 is 14.0 Å². The molecular weight excluding hydrogens is 489 g/mol. The summed E-state index contributed by atoms with van der Waals surface area (Å²) in [6, 6.07) is 24.6. The average Bonchev–Trinajstić information content (AvgIpc) is 3.67. The molecule has 202 valence electrons. The maximum atomic E-state index is 13.8. The number of aromatic nitrogens is 1. The van der Waals surface area contributed by atoms with Gasteiger partial charge in [-0.15, -0.1) is 0 Å². The number of amides is 2. The molecule has 0 bridgehead atoms. The average molecular weight is 526 g/mol. The molecule has 5 rings (SSSR count). The highest BCUT2D eigenvalue weighted by Gasteiger charge is 2.45. The second kappa shape index (κ2) is 12.3. The number of carbonyl (C=O) groups is 2. The van der Waals surface area contributed by atoms with Crippen LogP contribution in [0.2, 0.25) is 0 Å². The monoisotopic (exact) mass is 525 g/mol. The molecule has 0 saturated heterocycles. The highest BCUT2D eigenvalue weighted by atomic mass is 19.1. The number of hydrogen-bond acceptors (Lipinski definition) is 2. The van der Waals surface area contributed by atoms with E-state index in [0.717, 1.165) is 41.3 Å². The summed E-state index contributed by atoms with van der Waals surface area (Å²) in [5.74, 6) is -0.141. The van der Waals surface area contributed by atoms with Crippen molar-refractivity contribution in [2.75, 3.05) is 19.6 Å². The number of nitrogens with one attached hydrogen (secondary N) is 1. The smallest absolute Gasteiger partial charge is 0.242 e. The lowest BCUT2D eigenvalue weighted by atomic mass is 10.1. The molecule has 2 atom stereocenters. The number of rotatable bonds is 12. The molecule has 6 heteroatoms. The molecule has 1 heterocycles. The standard InChI is InChI=1S/C33H36FN3O2/c1-2-3-18-37(33(39)30-20-29(30)25-9-5-4-6-10-25)23-32(38)36(22-24-13-15-27(34)16-14-24)19-17-26-21-35-31-12-8-7-11-28(26)31/h4-16,21,29-30,35H,2-3,17-20,22-23H2,1H3. The van der Waals surface area contributed by atoms with Crippen LogP contribution in [0.3, 0.4) is 0 Å². The molecule has 1 N–H and O–H groups in total. The van der Waals surface area contributed by atoms with E-state index in [1.807, 2.05) is 47.5 Å². The molecule has 1 aliphatic carbocycles. The lowest BCUT2D eigenvalue weighted by molar-refractivity contribution is -0.141.